The molecule has 13 heteroatoms. The van der Waals surface area contributed by atoms with E-state index in [-0.39, 0.29) is 36.8 Å². The lowest BCUT2D eigenvalue weighted by Gasteiger charge is -2.28. The number of para-hydroxylation sites is 2. The third-order valence-corrected chi connectivity index (χ3v) is 8.56. The molecule has 12 nitrogen and oxygen atoms in total. The van der Waals surface area contributed by atoms with E-state index in [4.69, 9.17) is 23.9 Å². The third kappa shape index (κ3) is 6.41. The molecule has 1 aliphatic heterocycles. The molecule has 1 aliphatic rings. The van der Waals surface area contributed by atoms with Gasteiger partial charge in [-0.15, -0.1) is 11.3 Å². The Morgan fingerprint density at radius 3 is 2.54 bits per heavy atom. The quantitative estimate of drug-likeness (QED) is 0.158. The molecule has 6 rings (SSSR count). The molecule has 3 aromatic heterocycles. The van der Waals surface area contributed by atoms with Crippen LogP contribution in [-0.2, 0) is 9.59 Å². The Bertz CT molecular complexity index is 1850. The van der Waals surface area contributed by atoms with Crippen molar-refractivity contribution in [3.05, 3.63) is 53.9 Å². The van der Waals surface area contributed by atoms with Gasteiger partial charge in [0.1, 0.15) is 40.9 Å². The number of hydrogen-bond donors (Lipinski definition) is 3. The number of oxazole rings is 1. The predicted octanol–water partition coefficient (Wildman–Crippen LogP) is 5.90. The molecule has 0 bridgehead atoms. The summed E-state index contributed by atoms with van der Waals surface area (Å²) in [5.41, 5.74) is 3.17. The first-order valence-electron chi connectivity index (χ1n) is 15.1. The number of aromatic nitrogens is 3. The van der Waals surface area contributed by atoms with E-state index in [0.717, 1.165) is 10.5 Å². The van der Waals surface area contributed by atoms with Gasteiger partial charge in [-0.1, -0.05) is 26.0 Å². The van der Waals surface area contributed by atoms with Crippen molar-refractivity contribution in [1.82, 2.24) is 19.9 Å². The van der Waals surface area contributed by atoms with Crippen LogP contribution >= 0.6 is 11.3 Å². The second kappa shape index (κ2) is 12.8. The maximum Gasteiger partial charge on any atom is 0.326 e. The van der Waals surface area contributed by atoms with Gasteiger partial charge in [-0.3, -0.25) is 4.79 Å². The lowest BCUT2D eigenvalue weighted by Crippen LogP contribution is -2.50. The fourth-order valence-corrected chi connectivity index (χ4v) is 6.39. The van der Waals surface area contributed by atoms with Gasteiger partial charge in [0.05, 0.1) is 24.9 Å². The van der Waals surface area contributed by atoms with Crippen molar-refractivity contribution in [3.8, 4) is 22.9 Å². The van der Waals surface area contributed by atoms with E-state index in [0.29, 0.717) is 39.5 Å². The largest absolute Gasteiger partial charge is 0.497 e. The molecular formula is C33H36N6O6S. The summed E-state index contributed by atoms with van der Waals surface area (Å²) in [7, 11) is 1.59. The summed E-state index contributed by atoms with van der Waals surface area (Å²) in [4.78, 5) is 41.8. The number of fused-ring (bicyclic) bond motifs is 2. The Hall–Kier alpha value is -4.91. The van der Waals surface area contributed by atoms with Gasteiger partial charge >= 0.3 is 5.97 Å². The van der Waals surface area contributed by atoms with E-state index in [1.54, 1.807) is 13.2 Å². The monoisotopic (exact) mass is 644 g/mol. The molecule has 3 N–H and O–H groups in total. The smallest absolute Gasteiger partial charge is 0.326 e. The summed E-state index contributed by atoms with van der Waals surface area (Å²) < 4.78 is 17.8. The van der Waals surface area contributed by atoms with Gasteiger partial charge in [0, 0.05) is 35.4 Å². The first-order chi connectivity index (χ1) is 22.1. The molecule has 240 valence electrons. The number of methoxy groups -OCH3 is 1. The van der Waals surface area contributed by atoms with Gasteiger partial charge < -0.3 is 34.5 Å². The number of carbonyl (C=O) groups excluding carboxylic acids is 1. The molecule has 0 spiro atoms. The summed E-state index contributed by atoms with van der Waals surface area (Å²) in [5, 5.41) is 20.0. The number of nitrogens with one attached hydrogen (secondary N) is 2. The zero-order valence-electron chi connectivity index (χ0n) is 26.2. The van der Waals surface area contributed by atoms with Crippen molar-refractivity contribution in [1.29, 1.82) is 0 Å². The van der Waals surface area contributed by atoms with Crippen LogP contribution in [0, 0.1) is 5.92 Å². The molecule has 5 aromatic rings. The van der Waals surface area contributed by atoms with E-state index in [9.17, 15) is 14.7 Å². The summed E-state index contributed by atoms with van der Waals surface area (Å²) in [6.07, 6.45) is -0.472. The summed E-state index contributed by atoms with van der Waals surface area (Å²) >= 11 is 1.48. The van der Waals surface area contributed by atoms with Gasteiger partial charge in [0.15, 0.2) is 10.7 Å². The van der Waals surface area contributed by atoms with Crippen molar-refractivity contribution in [2.24, 2.45) is 5.92 Å². The highest BCUT2D eigenvalue weighted by Crippen LogP contribution is 2.36. The van der Waals surface area contributed by atoms with Gasteiger partial charge in [-0.05, 0) is 44.0 Å². The van der Waals surface area contributed by atoms with E-state index in [1.807, 2.05) is 75.5 Å². The minimum atomic E-state index is -1.10. The number of anilines is 2. The minimum absolute atomic E-state index is 0.0860. The Morgan fingerprint density at radius 2 is 1.83 bits per heavy atom. The highest BCUT2D eigenvalue weighted by atomic mass is 32.1. The highest BCUT2D eigenvalue weighted by molar-refractivity contribution is 7.14. The Kier molecular flexibility index (Phi) is 8.67. The number of amides is 1. The number of carboxylic acid groups (broad SMARTS) is 1. The summed E-state index contributed by atoms with van der Waals surface area (Å²) in [6, 6.07) is 13.2. The number of rotatable bonds is 11. The number of pyridine rings is 1. The van der Waals surface area contributed by atoms with Crippen LogP contribution in [0.4, 0.5) is 11.1 Å². The Labute approximate surface area is 269 Å². The highest BCUT2D eigenvalue weighted by Gasteiger charge is 2.44. The molecule has 2 aromatic carbocycles. The van der Waals surface area contributed by atoms with Crippen LogP contribution in [0.3, 0.4) is 0 Å². The van der Waals surface area contributed by atoms with Gasteiger partial charge in [0.2, 0.25) is 5.91 Å². The second-order valence-electron chi connectivity index (χ2n) is 11.9. The van der Waals surface area contributed by atoms with Crippen LogP contribution in [0.15, 0.2) is 58.3 Å². The van der Waals surface area contributed by atoms with Crippen LogP contribution < -0.4 is 20.1 Å². The average molecular weight is 645 g/mol. The molecule has 1 fully saturated rings. The molecule has 0 saturated carbocycles. The van der Waals surface area contributed by atoms with Gasteiger partial charge in [0.25, 0.3) is 6.01 Å². The van der Waals surface area contributed by atoms with Crippen molar-refractivity contribution >= 4 is 56.4 Å². The molecule has 0 radical (unpaired) electrons. The topological polar surface area (TPSA) is 152 Å². The van der Waals surface area contributed by atoms with Gasteiger partial charge in [-0.2, -0.15) is 4.98 Å². The van der Waals surface area contributed by atoms with E-state index >= 15 is 0 Å². The SMILES string of the molecule is COc1ccc2c(O[C@@H]3C[C@@H](C(=O)O)N(C(=O)[C@@H](Nc4nc5ccccc5o4)C(C)C)C3)cc(-c3csc(NC(C)C)n3)nc2c1. The van der Waals surface area contributed by atoms with E-state index in [1.165, 1.54) is 16.2 Å². The van der Waals surface area contributed by atoms with Crippen LogP contribution in [-0.4, -0.2) is 74.7 Å². The molecule has 0 unspecified atom stereocenters. The predicted molar refractivity (Wildman–Crippen MR) is 177 cm³/mol. The summed E-state index contributed by atoms with van der Waals surface area (Å²) in [5.74, 6) is -0.498. The van der Waals surface area contributed by atoms with Crippen LogP contribution in [0.25, 0.3) is 33.4 Å². The lowest BCUT2D eigenvalue weighted by atomic mass is 10.0. The molecule has 1 amide bonds. The number of carbonyl (C=O) groups is 2. The standard InChI is InChI=1S/C33H36N6O6S/c1-17(2)29(38-32-36-22-8-6-7-9-27(22)45-32)30(40)39-15-20(13-26(39)31(41)42)44-28-14-24(25-16-46-33(37-25)34-18(3)4)35-23-12-19(43-5)10-11-21(23)28/h6-12,14,16-18,20,26,29H,13,15H2,1-5H3,(H,34,37)(H,36,38)(H,41,42)/t20-,26+,29+/m1/s1. The van der Waals surface area contributed by atoms with Gasteiger partial charge in [-0.25, -0.2) is 14.8 Å². The summed E-state index contributed by atoms with van der Waals surface area (Å²) in [6.45, 7) is 7.95. The number of aliphatic carboxylic acids is 1. The van der Waals surface area contributed by atoms with Crippen LogP contribution in [0.5, 0.6) is 11.5 Å². The van der Waals surface area contributed by atoms with E-state index in [2.05, 4.69) is 15.6 Å². The fourth-order valence-electron chi connectivity index (χ4n) is 5.54. The number of nitrogens with zero attached hydrogens (tertiary/aromatic N) is 4. The molecule has 0 aliphatic carbocycles. The third-order valence-electron chi connectivity index (χ3n) is 7.79. The first-order valence-corrected chi connectivity index (χ1v) is 16.0. The number of benzene rings is 2. The molecular weight excluding hydrogens is 608 g/mol. The maximum absolute atomic E-state index is 14.0. The first kappa shape index (κ1) is 31.1. The molecule has 4 heterocycles. The molecule has 1 saturated heterocycles. The number of ether oxygens (including phenoxy) is 2. The minimum Gasteiger partial charge on any atom is -0.497 e. The number of likely N-dealkylation sites (tertiary alicyclic amines) is 1. The van der Waals surface area contributed by atoms with E-state index < -0.39 is 24.2 Å². The Balaban J connectivity index is 1.28. The zero-order chi connectivity index (χ0) is 32.5. The molecule has 46 heavy (non-hydrogen) atoms. The van der Waals surface area contributed by atoms with Crippen molar-refractivity contribution in [2.45, 2.75) is 58.3 Å². The number of hydrogen-bond acceptors (Lipinski definition) is 11. The molecule has 3 atom stereocenters. The van der Waals surface area contributed by atoms with Crippen LogP contribution in [0.2, 0.25) is 0 Å². The van der Waals surface area contributed by atoms with Crippen molar-refractivity contribution in [2.75, 3.05) is 24.3 Å². The fraction of sp³-hybridized carbons (Fsp3) is 0.364. The average Bonchev–Trinajstić information content (AvgIpc) is 3.77. The lowest BCUT2D eigenvalue weighted by molar-refractivity contribution is -0.148. The zero-order valence-corrected chi connectivity index (χ0v) is 27.0. The van der Waals surface area contributed by atoms with Crippen molar-refractivity contribution < 1.29 is 28.6 Å². The second-order valence-corrected chi connectivity index (χ2v) is 12.8. The van der Waals surface area contributed by atoms with Crippen molar-refractivity contribution in [3.63, 3.8) is 0 Å². The maximum atomic E-state index is 14.0. The number of carboxylic acids is 1. The normalized spacial score (nSPS) is 17.2. The number of thiazole rings is 1. The Morgan fingerprint density at radius 1 is 1.02 bits per heavy atom. The van der Waals surface area contributed by atoms with Crippen LogP contribution in [0.1, 0.15) is 34.1 Å².